The van der Waals surface area contributed by atoms with Gasteiger partial charge in [0, 0.05) is 5.02 Å². The summed E-state index contributed by atoms with van der Waals surface area (Å²) >= 11 is 5.87. The molecule has 2 rings (SSSR count). The zero-order valence-electron chi connectivity index (χ0n) is 13.8. The Labute approximate surface area is 151 Å². The fourth-order valence-electron chi connectivity index (χ4n) is 2.53. The van der Waals surface area contributed by atoms with Crippen LogP contribution in [0.2, 0.25) is 5.02 Å². The first-order valence-electron chi connectivity index (χ1n) is 7.75. The Morgan fingerprint density at radius 1 is 1.32 bits per heavy atom. The molecule has 25 heavy (non-hydrogen) atoms. The smallest absolute Gasteiger partial charge is 0.325 e. The maximum Gasteiger partial charge on any atom is 0.325 e. The molecule has 1 aromatic rings. The molecule has 8 nitrogen and oxygen atoms in total. The summed E-state index contributed by atoms with van der Waals surface area (Å²) in [6, 6.07) is 6.16. The largest absolute Gasteiger partial charge is 0.468 e. The van der Waals surface area contributed by atoms with Crippen LogP contribution in [0.5, 0.6) is 0 Å². The van der Waals surface area contributed by atoms with Crippen molar-refractivity contribution in [1.82, 2.24) is 9.62 Å². The van der Waals surface area contributed by atoms with Crippen LogP contribution in [0.4, 0.5) is 0 Å². The number of carbonyl (C=O) groups is 2. The van der Waals surface area contributed by atoms with Gasteiger partial charge < -0.3 is 15.0 Å². The Balaban J connectivity index is 1.87. The molecule has 138 valence electrons. The summed E-state index contributed by atoms with van der Waals surface area (Å²) < 4.78 is 31.1. The van der Waals surface area contributed by atoms with Crippen LogP contribution in [0, 0.1) is 0 Å². The Kier molecular flexibility index (Phi) is 6.77. The number of amides is 1. The van der Waals surface area contributed by atoms with Crippen LogP contribution in [-0.4, -0.2) is 71.0 Å². The Bertz CT molecular complexity index is 732. The molecule has 0 aromatic heterocycles. The third-order valence-electron chi connectivity index (χ3n) is 3.93. The van der Waals surface area contributed by atoms with Crippen molar-refractivity contribution in [3.8, 4) is 0 Å². The molecule has 0 saturated carbocycles. The van der Waals surface area contributed by atoms with Gasteiger partial charge in [-0.2, -0.15) is 4.31 Å². The second-order valence-electron chi connectivity index (χ2n) is 5.64. The molecule has 0 atom stereocenters. The van der Waals surface area contributed by atoms with Crippen molar-refractivity contribution >= 4 is 33.5 Å². The van der Waals surface area contributed by atoms with Crippen LogP contribution in [0.3, 0.4) is 0 Å². The number of esters is 1. The Morgan fingerprint density at radius 3 is 2.60 bits per heavy atom. The van der Waals surface area contributed by atoms with Gasteiger partial charge in [0.15, 0.2) is 6.54 Å². The van der Waals surface area contributed by atoms with Gasteiger partial charge in [-0.25, -0.2) is 8.42 Å². The van der Waals surface area contributed by atoms with Gasteiger partial charge in [0.25, 0.3) is 5.91 Å². The number of nitrogens with one attached hydrogen (secondary N) is 2. The fourth-order valence-corrected chi connectivity index (χ4v) is 4.27. The minimum atomic E-state index is -3.59. The van der Waals surface area contributed by atoms with E-state index in [1.165, 1.54) is 23.5 Å². The van der Waals surface area contributed by atoms with Crippen LogP contribution in [-0.2, 0) is 24.3 Å². The predicted octanol–water partition coefficient (Wildman–Crippen LogP) is -1.48. The van der Waals surface area contributed by atoms with E-state index in [0.29, 0.717) is 31.2 Å². The van der Waals surface area contributed by atoms with E-state index in [2.05, 4.69) is 10.1 Å². The van der Waals surface area contributed by atoms with Crippen LogP contribution in [0.25, 0.3) is 0 Å². The molecule has 0 unspecified atom stereocenters. The summed E-state index contributed by atoms with van der Waals surface area (Å²) in [5.74, 6) is -0.785. The highest BCUT2D eigenvalue weighted by atomic mass is 35.5. The van der Waals surface area contributed by atoms with Gasteiger partial charge >= 0.3 is 5.97 Å². The standard InChI is InChI=1S/C15H20ClN3O5S/c1-24-15(21)10-17-14(20)11-18-5-7-19(8-6-18)25(22,23)13-4-2-3-12(16)9-13/h2-4,9H,5-8,10-11H2,1H3,(H,17,20)/p+1. The van der Waals surface area contributed by atoms with Gasteiger partial charge in [0.05, 0.1) is 38.2 Å². The number of methoxy groups -OCH3 is 1. The van der Waals surface area contributed by atoms with Crippen molar-refractivity contribution in [2.75, 3.05) is 46.4 Å². The zero-order valence-corrected chi connectivity index (χ0v) is 15.4. The molecule has 1 aliphatic heterocycles. The third kappa shape index (κ3) is 5.40. The number of carbonyl (C=O) groups excluding carboxylic acids is 2. The normalized spacial score (nSPS) is 16.4. The van der Waals surface area contributed by atoms with Gasteiger partial charge in [0.2, 0.25) is 10.0 Å². The quantitative estimate of drug-likeness (QED) is 0.577. The average Bonchev–Trinajstić information content (AvgIpc) is 2.60. The molecule has 1 aromatic carbocycles. The van der Waals surface area contributed by atoms with Crippen molar-refractivity contribution < 1.29 is 27.6 Å². The molecule has 0 radical (unpaired) electrons. The number of hydrogen-bond acceptors (Lipinski definition) is 5. The Morgan fingerprint density at radius 2 is 2.00 bits per heavy atom. The molecule has 1 fully saturated rings. The summed E-state index contributed by atoms with van der Waals surface area (Å²) in [4.78, 5) is 23.9. The number of quaternary nitrogens is 1. The monoisotopic (exact) mass is 390 g/mol. The average molecular weight is 391 g/mol. The number of benzene rings is 1. The third-order valence-corrected chi connectivity index (χ3v) is 6.06. The summed E-state index contributed by atoms with van der Waals surface area (Å²) in [6.07, 6.45) is 0. The minimum absolute atomic E-state index is 0.166. The summed E-state index contributed by atoms with van der Waals surface area (Å²) in [5.41, 5.74) is 0. The molecular weight excluding hydrogens is 370 g/mol. The molecule has 0 aliphatic carbocycles. The first-order chi connectivity index (χ1) is 11.8. The topological polar surface area (TPSA) is 97.2 Å². The number of nitrogens with zero attached hydrogens (tertiary/aromatic N) is 1. The fraction of sp³-hybridized carbons (Fsp3) is 0.467. The summed E-state index contributed by atoms with van der Waals surface area (Å²) in [7, 11) is -2.34. The van der Waals surface area contributed by atoms with Gasteiger partial charge in [-0.05, 0) is 18.2 Å². The van der Waals surface area contributed by atoms with Crippen molar-refractivity contribution in [2.24, 2.45) is 0 Å². The van der Waals surface area contributed by atoms with E-state index in [1.807, 2.05) is 0 Å². The lowest BCUT2D eigenvalue weighted by molar-refractivity contribution is -0.895. The minimum Gasteiger partial charge on any atom is -0.468 e. The lowest BCUT2D eigenvalue weighted by atomic mass is 10.3. The van der Waals surface area contributed by atoms with E-state index < -0.39 is 16.0 Å². The molecule has 1 saturated heterocycles. The van der Waals surface area contributed by atoms with Gasteiger partial charge in [0.1, 0.15) is 6.54 Å². The van der Waals surface area contributed by atoms with Gasteiger partial charge in [-0.1, -0.05) is 17.7 Å². The van der Waals surface area contributed by atoms with Crippen LogP contribution in [0.15, 0.2) is 29.2 Å². The van der Waals surface area contributed by atoms with Gasteiger partial charge in [-0.3, -0.25) is 9.59 Å². The molecule has 2 N–H and O–H groups in total. The molecule has 1 heterocycles. The zero-order chi connectivity index (χ0) is 18.4. The van der Waals surface area contributed by atoms with E-state index in [9.17, 15) is 18.0 Å². The number of piperazine rings is 1. The van der Waals surface area contributed by atoms with E-state index in [-0.39, 0.29) is 23.9 Å². The molecule has 0 spiro atoms. The first-order valence-corrected chi connectivity index (χ1v) is 9.57. The van der Waals surface area contributed by atoms with Crippen molar-refractivity contribution in [2.45, 2.75) is 4.90 Å². The lowest BCUT2D eigenvalue weighted by Gasteiger charge is -2.31. The maximum atomic E-state index is 12.6. The van der Waals surface area contributed by atoms with E-state index in [0.717, 1.165) is 4.90 Å². The summed E-state index contributed by atoms with van der Waals surface area (Å²) in [5, 5.41) is 2.84. The van der Waals surface area contributed by atoms with Crippen molar-refractivity contribution in [3.05, 3.63) is 29.3 Å². The first kappa shape index (κ1) is 19.6. The van der Waals surface area contributed by atoms with Crippen LogP contribution in [0.1, 0.15) is 0 Å². The predicted molar refractivity (Wildman–Crippen MR) is 90.8 cm³/mol. The SMILES string of the molecule is COC(=O)CNC(=O)C[NH+]1CCN(S(=O)(=O)c2cccc(Cl)c2)CC1. The van der Waals surface area contributed by atoms with Crippen LogP contribution < -0.4 is 10.2 Å². The molecule has 0 bridgehead atoms. The highest BCUT2D eigenvalue weighted by Crippen LogP contribution is 2.19. The maximum absolute atomic E-state index is 12.6. The second-order valence-corrected chi connectivity index (χ2v) is 8.02. The Hall–Kier alpha value is -1.68. The van der Waals surface area contributed by atoms with Crippen molar-refractivity contribution in [3.63, 3.8) is 0 Å². The molecule has 10 heteroatoms. The van der Waals surface area contributed by atoms with E-state index >= 15 is 0 Å². The highest BCUT2D eigenvalue weighted by molar-refractivity contribution is 7.89. The van der Waals surface area contributed by atoms with Crippen LogP contribution >= 0.6 is 11.6 Å². The number of halogens is 1. The van der Waals surface area contributed by atoms with E-state index in [1.54, 1.807) is 12.1 Å². The number of hydrogen-bond donors (Lipinski definition) is 2. The van der Waals surface area contributed by atoms with Crippen molar-refractivity contribution in [1.29, 1.82) is 0 Å². The number of sulfonamides is 1. The lowest BCUT2D eigenvalue weighted by Crippen LogP contribution is -3.15. The van der Waals surface area contributed by atoms with Gasteiger partial charge in [-0.15, -0.1) is 0 Å². The van der Waals surface area contributed by atoms with E-state index in [4.69, 9.17) is 11.6 Å². The highest BCUT2D eigenvalue weighted by Gasteiger charge is 2.31. The molecule has 1 aliphatic rings. The number of rotatable bonds is 6. The molecule has 1 amide bonds. The molecular formula is C15H21ClN3O5S+. The summed E-state index contributed by atoms with van der Waals surface area (Å²) in [6.45, 7) is 1.65. The second kappa shape index (κ2) is 8.61. The number of ether oxygens (including phenoxy) is 1.